The molecule has 0 aliphatic carbocycles. The molecule has 160 valence electrons. The molecule has 0 N–H and O–H groups in total. The van der Waals surface area contributed by atoms with Gasteiger partial charge in [0.1, 0.15) is 12.5 Å². The molecule has 0 unspecified atom stereocenters. The molecule has 3 aromatic carbocycles. The Balaban J connectivity index is 0.000000343. The molecular weight excluding hydrogens is 435 g/mol. The number of alkyl halides is 3. The van der Waals surface area contributed by atoms with Gasteiger partial charge in [0.15, 0.2) is 15.0 Å². The number of nitrogens with zero attached hydrogens (tertiary/aromatic N) is 1. The van der Waals surface area contributed by atoms with Gasteiger partial charge in [0, 0.05) is 28.3 Å². The number of para-hydroxylation sites is 2. The average Bonchev–Trinajstić information content (AvgIpc) is 2.69. The Bertz CT molecular complexity index is 1000. The second-order valence-electron chi connectivity index (χ2n) is 6.22. The highest BCUT2D eigenvalue weighted by molar-refractivity contribution is 7.95. The second-order valence-corrected chi connectivity index (χ2v) is 9.70. The first-order valence-electron chi connectivity index (χ1n) is 8.61. The van der Waals surface area contributed by atoms with E-state index in [0.29, 0.717) is 0 Å². The molecule has 0 aromatic heterocycles. The van der Waals surface area contributed by atoms with Crippen molar-refractivity contribution in [1.82, 2.24) is 0 Å². The van der Waals surface area contributed by atoms with Gasteiger partial charge in [-0.1, -0.05) is 42.5 Å². The van der Waals surface area contributed by atoms with E-state index in [-0.39, 0.29) is 10.9 Å². The minimum absolute atomic E-state index is 0.255. The van der Waals surface area contributed by atoms with Crippen molar-refractivity contribution in [2.24, 2.45) is 0 Å². The Kier molecular flexibility index (Phi) is 7.94. The van der Waals surface area contributed by atoms with Crippen molar-refractivity contribution in [3.63, 3.8) is 0 Å². The van der Waals surface area contributed by atoms with Crippen LogP contribution in [0.25, 0.3) is 0 Å². The van der Waals surface area contributed by atoms with Gasteiger partial charge in [0.05, 0.1) is 5.69 Å². The summed E-state index contributed by atoms with van der Waals surface area (Å²) in [6.07, 6.45) is 4.52. The zero-order chi connectivity index (χ0) is 22.4. The highest BCUT2D eigenvalue weighted by atomic mass is 32.2. The van der Waals surface area contributed by atoms with Crippen LogP contribution in [0.2, 0.25) is 0 Å². The number of rotatable bonds is 4. The molecule has 0 heterocycles. The normalized spacial score (nSPS) is 11.6. The zero-order valence-electron chi connectivity index (χ0n) is 16.2. The lowest BCUT2D eigenvalue weighted by Gasteiger charge is -2.25. The number of hydrogen-bond acceptors (Lipinski definition) is 4. The van der Waals surface area contributed by atoms with Gasteiger partial charge in [-0.2, -0.15) is 13.2 Å². The summed E-state index contributed by atoms with van der Waals surface area (Å²) in [5.74, 6) is 0. The summed E-state index contributed by atoms with van der Waals surface area (Å²) in [6, 6.07) is 29.9. The molecule has 0 saturated heterocycles. The van der Waals surface area contributed by atoms with E-state index < -0.39 is 15.6 Å². The van der Waals surface area contributed by atoms with Crippen LogP contribution in [0.4, 0.5) is 30.2 Å². The minimum Gasteiger partial charge on any atom is -0.741 e. The van der Waals surface area contributed by atoms with Crippen molar-refractivity contribution < 1.29 is 26.1 Å². The largest absolute Gasteiger partial charge is 0.741 e. The molecule has 0 saturated carbocycles. The van der Waals surface area contributed by atoms with Gasteiger partial charge in [-0.25, -0.2) is 8.42 Å². The first-order chi connectivity index (χ1) is 14.0. The van der Waals surface area contributed by atoms with Crippen molar-refractivity contribution in [2.75, 3.05) is 17.4 Å². The monoisotopic (exact) mass is 455 g/mol. The van der Waals surface area contributed by atoms with E-state index in [4.69, 9.17) is 13.0 Å². The van der Waals surface area contributed by atoms with E-state index in [1.54, 1.807) is 0 Å². The molecule has 0 aliphatic heterocycles. The predicted octanol–water partition coefficient (Wildman–Crippen LogP) is 5.44. The summed E-state index contributed by atoms with van der Waals surface area (Å²) in [5.41, 5.74) is -2.08. The van der Waals surface area contributed by atoms with Crippen LogP contribution >= 0.6 is 0 Å². The Morgan fingerprint density at radius 2 is 1.17 bits per heavy atom. The molecule has 4 nitrogen and oxygen atoms in total. The van der Waals surface area contributed by atoms with Crippen LogP contribution in [0.5, 0.6) is 0 Å². The van der Waals surface area contributed by atoms with Crippen molar-refractivity contribution in [3.05, 3.63) is 84.9 Å². The number of anilines is 3. The topological polar surface area (TPSA) is 60.4 Å². The van der Waals surface area contributed by atoms with E-state index in [1.807, 2.05) is 0 Å². The maximum Gasteiger partial charge on any atom is 0.485 e. The van der Waals surface area contributed by atoms with E-state index in [9.17, 15) is 13.2 Å². The van der Waals surface area contributed by atoms with Gasteiger partial charge < -0.3 is 9.45 Å². The van der Waals surface area contributed by atoms with Crippen LogP contribution in [0.1, 0.15) is 0 Å². The molecule has 0 radical (unpaired) electrons. The fourth-order valence-electron chi connectivity index (χ4n) is 2.48. The van der Waals surface area contributed by atoms with Crippen molar-refractivity contribution >= 4 is 38.1 Å². The third-order valence-electron chi connectivity index (χ3n) is 3.86. The first-order valence-corrected chi connectivity index (χ1v) is 12.1. The second kappa shape index (κ2) is 10.0. The van der Waals surface area contributed by atoms with Gasteiger partial charge in [0.2, 0.25) is 0 Å². The number of halogens is 3. The molecule has 0 fully saturated rings. The van der Waals surface area contributed by atoms with Crippen LogP contribution in [0, 0.1) is 0 Å². The maximum atomic E-state index is 10.7. The lowest BCUT2D eigenvalue weighted by molar-refractivity contribution is -0.0517. The van der Waals surface area contributed by atoms with Crippen molar-refractivity contribution in [2.45, 2.75) is 10.4 Å². The fraction of sp³-hybridized carbons (Fsp3) is 0.143. The third-order valence-corrected chi connectivity index (χ3v) is 5.62. The van der Waals surface area contributed by atoms with E-state index >= 15 is 0 Å². The lowest BCUT2D eigenvalue weighted by atomic mass is 10.2. The quantitative estimate of drug-likeness (QED) is 0.298. The molecule has 9 heteroatoms. The summed E-state index contributed by atoms with van der Waals surface area (Å²) in [7, 11) is -5.84. The standard InChI is InChI=1S/C20H20NS.CHF3O3S/c1-22(2)20-15-9-14-19(16-20)21(17-10-5-3-6-11-17)18-12-7-4-8-13-18;2-1(3,4)8(5,6)7/h3-16H,1-2H3;(H,5,6,7)/q+1;/p-1. The zero-order valence-corrected chi connectivity index (χ0v) is 17.8. The molecule has 0 spiro atoms. The Morgan fingerprint density at radius 1 is 0.767 bits per heavy atom. The molecular formula is C21H20F3NO3S2. The molecule has 0 aliphatic rings. The molecule has 0 atom stereocenters. The minimum atomic E-state index is -6.09. The Morgan fingerprint density at radius 3 is 1.53 bits per heavy atom. The fourth-order valence-corrected chi connectivity index (χ4v) is 3.19. The first kappa shape index (κ1) is 23.8. The average molecular weight is 456 g/mol. The SMILES string of the molecule is C[S+](C)c1cccc(N(c2ccccc2)c2ccccc2)c1.O=S(=O)([O-])C(F)(F)F. The van der Waals surface area contributed by atoms with Gasteiger partial charge in [-0.3, -0.25) is 0 Å². The van der Waals surface area contributed by atoms with E-state index in [0.717, 1.165) is 0 Å². The van der Waals surface area contributed by atoms with E-state index in [1.165, 1.54) is 22.0 Å². The highest BCUT2D eigenvalue weighted by Crippen LogP contribution is 2.34. The summed E-state index contributed by atoms with van der Waals surface area (Å²) in [4.78, 5) is 3.69. The summed E-state index contributed by atoms with van der Waals surface area (Å²) < 4.78 is 58.9. The van der Waals surface area contributed by atoms with Crippen LogP contribution in [-0.2, 0) is 21.0 Å². The van der Waals surface area contributed by atoms with Gasteiger partial charge in [-0.05, 0) is 36.4 Å². The van der Waals surface area contributed by atoms with Crippen LogP contribution < -0.4 is 4.90 Å². The molecule has 0 bridgehead atoms. The molecule has 3 rings (SSSR count). The predicted molar refractivity (Wildman–Crippen MR) is 114 cm³/mol. The lowest BCUT2D eigenvalue weighted by Crippen LogP contribution is -2.21. The van der Waals surface area contributed by atoms with Crippen molar-refractivity contribution in [1.29, 1.82) is 0 Å². The van der Waals surface area contributed by atoms with Crippen LogP contribution in [0.15, 0.2) is 89.8 Å². The summed E-state index contributed by atoms with van der Waals surface area (Å²) >= 11 is 0. The summed E-state index contributed by atoms with van der Waals surface area (Å²) in [5, 5.41) is 0. The third kappa shape index (κ3) is 6.51. The number of hydrogen-bond donors (Lipinski definition) is 0. The highest BCUT2D eigenvalue weighted by Gasteiger charge is 2.36. The van der Waals surface area contributed by atoms with Crippen LogP contribution in [0.3, 0.4) is 0 Å². The molecule has 0 amide bonds. The molecule has 30 heavy (non-hydrogen) atoms. The Hall–Kier alpha value is -2.49. The van der Waals surface area contributed by atoms with Gasteiger partial charge in [-0.15, -0.1) is 0 Å². The van der Waals surface area contributed by atoms with Gasteiger partial charge >= 0.3 is 5.51 Å². The Labute approximate surface area is 177 Å². The summed E-state index contributed by atoms with van der Waals surface area (Å²) in [6.45, 7) is 0. The van der Waals surface area contributed by atoms with Gasteiger partial charge in [0.25, 0.3) is 0 Å². The molecule has 3 aromatic rings. The maximum absolute atomic E-state index is 10.7. The number of benzene rings is 3. The van der Waals surface area contributed by atoms with Crippen molar-refractivity contribution in [3.8, 4) is 0 Å². The smallest absolute Gasteiger partial charge is 0.485 e. The van der Waals surface area contributed by atoms with Crippen LogP contribution in [-0.4, -0.2) is 31.0 Å². The van der Waals surface area contributed by atoms with E-state index in [2.05, 4.69) is 102 Å².